The lowest BCUT2D eigenvalue weighted by Crippen LogP contribution is -2.46. The number of likely N-dealkylation sites (N-methyl/N-ethyl adjacent to an activating group) is 1. The first kappa shape index (κ1) is 18.1. The van der Waals surface area contributed by atoms with Crippen LogP contribution in [-0.2, 0) is 14.8 Å². The fourth-order valence-corrected chi connectivity index (χ4v) is 4.10. The molecule has 0 saturated carbocycles. The summed E-state index contributed by atoms with van der Waals surface area (Å²) in [4.78, 5) is 13.7. The first-order chi connectivity index (χ1) is 9.65. The number of nitrogens with one attached hydrogen (secondary N) is 1. The molecule has 1 N–H and O–H groups in total. The van der Waals surface area contributed by atoms with Crippen LogP contribution in [0.4, 0.5) is 0 Å². The van der Waals surface area contributed by atoms with Crippen molar-refractivity contribution in [2.24, 2.45) is 5.92 Å². The second kappa shape index (κ2) is 7.38. The predicted octanol–water partition coefficient (Wildman–Crippen LogP) is 2.23. The number of sulfonamides is 1. The molecule has 1 aromatic carbocycles. The second-order valence-electron chi connectivity index (χ2n) is 5.47. The molecule has 0 radical (unpaired) electrons. The number of nitrogens with zero attached hydrogens (tertiary/aromatic N) is 1. The largest absolute Gasteiger partial charge is 0.347 e. The molecule has 21 heavy (non-hydrogen) atoms. The number of hydrogen-bond acceptors (Lipinski definition) is 3. The average molecular weight is 377 g/mol. The summed E-state index contributed by atoms with van der Waals surface area (Å²) < 4.78 is 27.9. The van der Waals surface area contributed by atoms with Crippen LogP contribution in [0, 0.1) is 5.92 Å². The molecule has 1 rings (SSSR count). The minimum absolute atomic E-state index is 0.130. The van der Waals surface area contributed by atoms with E-state index in [4.69, 9.17) is 0 Å². The van der Waals surface area contributed by atoms with Gasteiger partial charge in [0.1, 0.15) is 6.04 Å². The Labute approximate surface area is 134 Å². The Kier molecular flexibility index (Phi) is 6.37. The monoisotopic (exact) mass is 376 g/mol. The van der Waals surface area contributed by atoms with E-state index in [0.717, 1.165) is 0 Å². The molecule has 0 bridgehead atoms. The highest BCUT2D eigenvalue weighted by atomic mass is 79.9. The smallest absolute Gasteiger partial charge is 0.242 e. The normalized spacial score (nSPS) is 13.2. The lowest BCUT2D eigenvalue weighted by molar-refractivity contribution is -0.130. The molecule has 0 aliphatic carbocycles. The Morgan fingerprint density at radius 3 is 2.33 bits per heavy atom. The van der Waals surface area contributed by atoms with Crippen LogP contribution in [0.15, 0.2) is 33.6 Å². The minimum Gasteiger partial charge on any atom is -0.347 e. The summed E-state index contributed by atoms with van der Waals surface area (Å²) in [5, 5.41) is 0. The van der Waals surface area contributed by atoms with E-state index in [0.29, 0.717) is 10.9 Å². The molecule has 0 heterocycles. The molecular weight excluding hydrogens is 356 g/mol. The average Bonchev–Trinajstić information content (AvgIpc) is 2.36. The topological polar surface area (TPSA) is 66.5 Å². The summed E-state index contributed by atoms with van der Waals surface area (Å²) in [6.07, 6.45) is 0.445. The molecule has 0 fully saturated rings. The number of rotatable bonds is 6. The number of benzene rings is 1. The first-order valence-electron chi connectivity index (χ1n) is 6.63. The molecule has 7 heteroatoms. The molecule has 0 aliphatic rings. The summed E-state index contributed by atoms with van der Waals surface area (Å²) in [6.45, 7) is 3.89. The predicted molar refractivity (Wildman–Crippen MR) is 86.4 cm³/mol. The highest BCUT2D eigenvalue weighted by molar-refractivity contribution is 9.10. The van der Waals surface area contributed by atoms with Crippen molar-refractivity contribution in [2.75, 3.05) is 14.1 Å². The molecule has 1 aromatic rings. The van der Waals surface area contributed by atoms with Crippen LogP contribution in [0.5, 0.6) is 0 Å². The molecule has 1 atom stereocenters. The van der Waals surface area contributed by atoms with Gasteiger partial charge in [0.25, 0.3) is 0 Å². The van der Waals surface area contributed by atoms with E-state index in [1.165, 1.54) is 11.0 Å². The maximum Gasteiger partial charge on any atom is 0.242 e. The van der Waals surface area contributed by atoms with Crippen LogP contribution in [0.2, 0.25) is 0 Å². The number of carbonyl (C=O) groups is 1. The van der Waals surface area contributed by atoms with Crippen molar-refractivity contribution in [1.82, 2.24) is 9.62 Å². The van der Waals surface area contributed by atoms with Gasteiger partial charge in [0, 0.05) is 18.6 Å². The molecule has 118 valence electrons. The van der Waals surface area contributed by atoms with Gasteiger partial charge in [0.15, 0.2) is 0 Å². The molecular formula is C14H21BrN2O3S. The van der Waals surface area contributed by atoms with Crippen molar-refractivity contribution in [3.05, 3.63) is 28.7 Å². The van der Waals surface area contributed by atoms with Crippen molar-refractivity contribution in [3.8, 4) is 0 Å². The third-order valence-electron chi connectivity index (χ3n) is 2.87. The van der Waals surface area contributed by atoms with Crippen LogP contribution >= 0.6 is 15.9 Å². The Morgan fingerprint density at radius 1 is 1.29 bits per heavy atom. The highest BCUT2D eigenvalue weighted by Gasteiger charge is 2.28. The van der Waals surface area contributed by atoms with Gasteiger partial charge in [-0.1, -0.05) is 26.0 Å². The van der Waals surface area contributed by atoms with Gasteiger partial charge in [-0.15, -0.1) is 0 Å². The van der Waals surface area contributed by atoms with Crippen molar-refractivity contribution >= 4 is 31.9 Å². The fourth-order valence-electron chi connectivity index (χ4n) is 1.90. The van der Waals surface area contributed by atoms with Crippen molar-refractivity contribution in [2.45, 2.75) is 31.2 Å². The zero-order valence-corrected chi connectivity index (χ0v) is 15.0. The molecule has 0 aromatic heterocycles. The third kappa shape index (κ3) is 5.09. The van der Waals surface area contributed by atoms with Crippen LogP contribution in [0.1, 0.15) is 20.3 Å². The van der Waals surface area contributed by atoms with E-state index in [-0.39, 0.29) is 16.7 Å². The Morgan fingerprint density at radius 2 is 1.86 bits per heavy atom. The quantitative estimate of drug-likeness (QED) is 0.827. The maximum atomic E-state index is 12.5. The van der Waals surface area contributed by atoms with E-state index in [1.807, 2.05) is 13.8 Å². The number of amides is 1. The van der Waals surface area contributed by atoms with Crippen LogP contribution in [0.25, 0.3) is 0 Å². The van der Waals surface area contributed by atoms with Gasteiger partial charge >= 0.3 is 0 Å². The van der Waals surface area contributed by atoms with E-state index in [2.05, 4.69) is 20.7 Å². The molecule has 0 saturated heterocycles. The molecule has 1 unspecified atom stereocenters. The van der Waals surface area contributed by atoms with E-state index < -0.39 is 16.1 Å². The first-order valence-corrected chi connectivity index (χ1v) is 8.90. The summed E-state index contributed by atoms with van der Waals surface area (Å²) in [5.41, 5.74) is 0. The fraction of sp³-hybridized carbons (Fsp3) is 0.500. The van der Waals surface area contributed by atoms with Crippen LogP contribution in [-0.4, -0.2) is 39.4 Å². The molecule has 5 nitrogen and oxygen atoms in total. The highest BCUT2D eigenvalue weighted by Crippen LogP contribution is 2.22. The SMILES string of the molecule is CC(C)CC(NS(=O)(=O)c1ccccc1Br)C(=O)N(C)C. The van der Waals surface area contributed by atoms with Gasteiger partial charge in [-0.3, -0.25) is 4.79 Å². The summed E-state index contributed by atoms with van der Waals surface area (Å²) in [7, 11) is -0.532. The number of halogens is 1. The lowest BCUT2D eigenvalue weighted by Gasteiger charge is -2.23. The number of hydrogen-bond donors (Lipinski definition) is 1. The Hall–Kier alpha value is -0.920. The van der Waals surface area contributed by atoms with Crippen molar-refractivity contribution in [3.63, 3.8) is 0 Å². The standard InChI is InChI=1S/C14H21BrN2O3S/c1-10(2)9-12(14(18)17(3)4)16-21(19,20)13-8-6-5-7-11(13)15/h5-8,10,12,16H,9H2,1-4H3. The van der Waals surface area contributed by atoms with Crippen molar-refractivity contribution < 1.29 is 13.2 Å². The summed E-state index contributed by atoms with van der Waals surface area (Å²) in [5.74, 6) is -0.0554. The van der Waals surface area contributed by atoms with Gasteiger partial charge in [-0.2, -0.15) is 4.72 Å². The van der Waals surface area contributed by atoms with Crippen molar-refractivity contribution in [1.29, 1.82) is 0 Å². The van der Waals surface area contributed by atoms with E-state index in [1.54, 1.807) is 32.3 Å². The van der Waals surface area contributed by atoms with E-state index >= 15 is 0 Å². The Bertz CT molecular complexity index is 600. The Balaban J connectivity index is 3.07. The zero-order chi connectivity index (χ0) is 16.2. The van der Waals surface area contributed by atoms with Crippen LogP contribution < -0.4 is 4.72 Å². The van der Waals surface area contributed by atoms with Gasteiger partial charge in [-0.25, -0.2) is 8.42 Å². The van der Waals surface area contributed by atoms with Gasteiger partial charge in [0.2, 0.25) is 15.9 Å². The molecule has 0 spiro atoms. The minimum atomic E-state index is -3.76. The molecule has 0 aliphatic heterocycles. The maximum absolute atomic E-state index is 12.5. The van der Waals surface area contributed by atoms with Gasteiger partial charge < -0.3 is 4.90 Å². The third-order valence-corrected chi connectivity index (χ3v) is 5.35. The summed E-state index contributed by atoms with van der Waals surface area (Å²) >= 11 is 3.22. The second-order valence-corrected chi connectivity index (χ2v) is 8.00. The summed E-state index contributed by atoms with van der Waals surface area (Å²) in [6, 6.07) is 5.76. The van der Waals surface area contributed by atoms with E-state index in [9.17, 15) is 13.2 Å². The zero-order valence-electron chi connectivity index (χ0n) is 12.6. The number of carbonyl (C=O) groups excluding carboxylic acids is 1. The molecule has 1 amide bonds. The van der Waals surface area contributed by atoms with Gasteiger partial charge in [-0.05, 0) is 40.4 Å². The van der Waals surface area contributed by atoms with Gasteiger partial charge in [0.05, 0.1) is 4.90 Å². The van der Waals surface area contributed by atoms with Crippen LogP contribution in [0.3, 0.4) is 0 Å². The lowest BCUT2D eigenvalue weighted by atomic mass is 10.0.